The molecule has 24 heavy (non-hydrogen) atoms. The number of anilines is 4. The Balaban J connectivity index is 1.61. The molecule has 0 aliphatic carbocycles. The summed E-state index contributed by atoms with van der Waals surface area (Å²) in [6, 6.07) is 14.1. The van der Waals surface area contributed by atoms with Gasteiger partial charge in [0, 0.05) is 22.9 Å². The summed E-state index contributed by atoms with van der Waals surface area (Å²) in [5.41, 5.74) is 4.38. The summed E-state index contributed by atoms with van der Waals surface area (Å²) in [7, 11) is 0. The third kappa shape index (κ3) is 2.78. The molecule has 120 valence electrons. The van der Waals surface area contributed by atoms with E-state index in [1.165, 1.54) is 11.3 Å². The molecule has 2 aromatic carbocycles. The van der Waals surface area contributed by atoms with E-state index in [2.05, 4.69) is 43.6 Å². The Kier molecular flexibility index (Phi) is 3.78. The zero-order valence-corrected chi connectivity index (χ0v) is 14.0. The number of hydrogen-bond acceptors (Lipinski definition) is 5. The number of aryl methyl sites for hydroxylation is 1. The van der Waals surface area contributed by atoms with E-state index < -0.39 is 0 Å². The predicted octanol–water partition coefficient (Wildman–Crippen LogP) is 4.27. The van der Waals surface area contributed by atoms with Gasteiger partial charge in [0.1, 0.15) is 0 Å². The lowest BCUT2D eigenvalue weighted by molar-refractivity contribution is 0.920. The van der Waals surface area contributed by atoms with Crippen molar-refractivity contribution in [2.75, 3.05) is 16.8 Å². The van der Waals surface area contributed by atoms with Gasteiger partial charge < -0.3 is 10.2 Å². The first-order valence-electron chi connectivity index (χ1n) is 7.79. The molecule has 5 nitrogen and oxygen atoms in total. The number of benzene rings is 2. The molecule has 0 spiro atoms. The van der Waals surface area contributed by atoms with Gasteiger partial charge in [0.05, 0.1) is 6.20 Å². The van der Waals surface area contributed by atoms with Gasteiger partial charge in [0.2, 0.25) is 5.95 Å². The van der Waals surface area contributed by atoms with E-state index in [9.17, 15) is 0 Å². The highest BCUT2D eigenvalue weighted by molar-refractivity contribution is 6.31. The molecule has 1 aliphatic heterocycles. The van der Waals surface area contributed by atoms with Crippen LogP contribution in [0.4, 0.5) is 23.1 Å². The maximum atomic E-state index is 6.17. The number of para-hydroxylation sites is 1. The van der Waals surface area contributed by atoms with E-state index in [0.29, 0.717) is 11.0 Å². The van der Waals surface area contributed by atoms with Crippen molar-refractivity contribution in [1.29, 1.82) is 0 Å². The highest BCUT2D eigenvalue weighted by Gasteiger charge is 2.21. The Bertz CT molecular complexity index is 896. The van der Waals surface area contributed by atoms with Gasteiger partial charge in [-0.3, -0.25) is 0 Å². The fourth-order valence-electron chi connectivity index (χ4n) is 2.85. The van der Waals surface area contributed by atoms with Gasteiger partial charge in [-0.2, -0.15) is 10.1 Å². The molecule has 0 bridgehead atoms. The first-order chi connectivity index (χ1) is 11.7. The number of nitrogens with zero attached hydrogens (tertiary/aromatic N) is 4. The lowest BCUT2D eigenvalue weighted by Gasteiger charge is -2.18. The molecule has 0 radical (unpaired) electrons. The summed E-state index contributed by atoms with van der Waals surface area (Å²) in [6.45, 7) is 2.86. The molecule has 1 N–H and O–H groups in total. The lowest BCUT2D eigenvalue weighted by Crippen LogP contribution is -2.16. The Morgan fingerprint density at radius 2 is 2.04 bits per heavy atom. The van der Waals surface area contributed by atoms with E-state index in [1.54, 1.807) is 6.20 Å². The van der Waals surface area contributed by atoms with E-state index >= 15 is 0 Å². The molecule has 1 aliphatic rings. The van der Waals surface area contributed by atoms with Crippen LogP contribution in [0.1, 0.15) is 11.1 Å². The van der Waals surface area contributed by atoms with Gasteiger partial charge in [0.15, 0.2) is 5.82 Å². The minimum atomic E-state index is 0.455. The number of fused-ring (bicyclic) bond motifs is 1. The summed E-state index contributed by atoms with van der Waals surface area (Å²) in [6.07, 6.45) is 2.70. The molecule has 1 aromatic heterocycles. The van der Waals surface area contributed by atoms with Crippen molar-refractivity contribution < 1.29 is 0 Å². The van der Waals surface area contributed by atoms with Crippen molar-refractivity contribution in [3.8, 4) is 0 Å². The molecule has 2 heterocycles. The van der Waals surface area contributed by atoms with Crippen LogP contribution >= 0.6 is 11.6 Å². The molecule has 0 unspecified atom stereocenters. The van der Waals surface area contributed by atoms with Crippen LogP contribution in [0.25, 0.3) is 0 Å². The van der Waals surface area contributed by atoms with Crippen LogP contribution in [0.15, 0.2) is 48.7 Å². The largest absolute Gasteiger partial charge is 0.324 e. The molecule has 3 aromatic rings. The molecular formula is C18H16ClN5. The van der Waals surface area contributed by atoms with Crippen molar-refractivity contribution in [3.05, 3.63) is 64.8 Å². The molecule has 0 amide bonds. The predicted molar refractivity (Wildman–Crippen MR) is 96.5 cm³/mol. The Morgan fingerprint density at radius 3 is 2.92 bits per heavy atom. The number of nitrogens with one attached hydrogen (secondary N) is 1. The van der Waals surface area contributed by atoms with Crippen LogP contribution in [0.5, 0.6) is 0 Å². The van der Waals surface area contributed by atoms with Crippen LogP contribution in [-0.4, -0.2) is 21.7 Å². The van der Waals surface area contributed by atoms with Crippen LogP contribution < -0.4 is 10.2 Å². The second-order valence-corrected chi connectivity index (χ2v) is 6.16. The number of aromatic nitrogens is 3. The first kappa shape index (κ1) is 14.9. The van der Waals surface area contributed by atoms with Crippen molar-refractivity contribution in [2.24, 2.45) is 0 Å². The maximum Gasteiger partial charge on any atom is 0.249 e. The number of rotatable bonds is 3. The third-order valence-corrected chi connectivity index (χ3v) is 4.54. The van der Waals surface area contributed by atoms with Gasteiger partial charge in [-0.15, -0.1) is 5.10 Å². The van der Waals surface area contributed by atoms with Crippen LogP contribution in [-0.2, 0) is 6.42 Å². The Labute approximate surface area is 145 Å². The fourth-order valence-corrected chi connectivity index (χ4v) is 3.03. The van der Waals surface area contributed by atoms with Crippen LogP contribution in [0.2, 0.25) is 5.02 Å². The summed E-state index contributed by atoms with van der Waals surface area (Å²) in [5.74, 6) is 1.24. The average Bonchev–Trinajstić information content (AvgIpc) is 3.03. The monoisotopic (exact) mass is 337 g/mol. The van der Waals surface area contributed by atoms with Crippen molar-refractivity contribution >= 4 is 34.7 Å². The zero-order valence-electron chi connectivity index (χ0n) is 13.2. The van der Waals surface area contributed by atoms with Crippen molar-refractivity contribution in [3.63, 3.8) is 0 Å². The Morgan fingerprint density at radius 1 is 1.17 bits per heavy atom. The smallest absolute Gasteiger partial charge is 0.249 e. The minimum absolute atomic E-state index is 0.455. The average molecular weight is 338 g/mol. The van der Waals surface area contributed by atoms with Gasteiger partial charge in [-0.05, 0) is 42.7 Å². The molecule has 0 saturated carbocycles. The summed E-state index contributed by atoms with van der Waals surface area (Å²) >= 11 is 6.17. The van der Waals surface area contributed by atoms with E-state index in [1.807, 2.05) is 31.2 Å². The highest BCUT2D eigenvalue weighted by Crippen LogP contribution is 2.33. The number of halogens is 1. The normalized spacial score (nSPS) is 13.0. The summed E-state index contributed by atoms with van der Waals surface area (Å²) in [5, 5.41) is 12.0. The second kappa shape index (κ2) is 6.09. The molecular weight excluding hydrogens is 322 g/mol. The molecule has 0 atom stereocenters. The summed E-state index contributed by atoms with van der Waals surface area (Å²) in [4.78, 5) is 6.76. The fraction of sp³-hybridized carbons (Fsp3) is 0.167. The van der Waals surface area contributed by atoms with Gasteiger partial charge in [0.25, 0.3) is 0 Å². The minimum Gasteiger partial charge on any atom is -0.324 e. The molecule has 6 heteroatoms. The first-order valence-corrected chi connectivity index (χ1v) is 8.17. The second-order valence-electron chi connectivity index (χ2n) is 5.76. The summed E-state index contributed by atoms with van der Waals surface area (Å²) < 4.78 is 0. The van der Waals surface area contributed by atoms with E-state index in [-0.39, 0.29) is 0 Å². The quantitative estimate of drug-likeness (QED) is 0.773. The zero-order chi connectivity index (χ0) is 16.5. The van der Waals surface area contributed by atoms with Crippen molar-refractivity contribution in [2.45, 2.75) is 13.3 Å². The maximum absolute atomic E-state index is 6.17. The highest BCUT2D eigenvalue weighted by atomic mass is 35.5. The molecule has 0 saturated heterocycles. The van der Waals surface area contributed by atoms with Crippen LogP contribution in [0, 0.1) is 6.92 Å². The molecule has 4 rings (SSSR count). The Hall–Kier alpha value is -2.66. The SMILES string of the molecule is Cc1ccc(Nc2nncc(N3CCc4ccccc43)n2)cc1Cl. The van der Waals surface area contributed by atoms with Gasteiger partial charge >= 0.3 is 0 Å². The lowest BCUT2D eigenvalue weighted by atomic mass is 10.2. The standard InChI is InChI=1S/C18H16ClN5/c1-12-6-7-14(10-15(12)19)21-18-22-17(11-20-23-18)24-9-8-13-4-2-3-5-16(13)24/h2-7,10-11H,8-9H2,1H3,(H,21,22,23). The van der Waals surface area contributed by atoms with E-state index in [4.69, 9.17) is 11.6 Å². The third-order valence-electron chi connectivity index (χ3n) is 4.14. The van der Waals surface area contributed by atoms with Gasteiger partial charge in [-0.25, -0.2) is 0 Å². The van der Waals surface area contributed by atoms with Crippen LogP contribution in [0.3, 0.4) is 0 Å². The van der Waals surface area contributed by atoms with Gasteiger partial charge in [-0.1, -0.05) is 35.9 Å². The molecule has 0 fully saturated rings. The number of hydrogen-bond donors (Lipinski definition) is 1. The van der Waals surface area contributed by atoms with Crippen molar-refractivity contribution in [1.82, 2.24) is 15.2 Å². The topological polar surface area (TPSA) is 53.9 Å². The van der Waals surface area contributed by atoms with E-state index in [0.717, 1.165) is 30.0 Å².